The monoisotopic (exact) mass is 321 g/mol. The predicted molar refractivity (Wildman–Crippen MR) is 84.2 cm³/mol. The average molecular weight is 322 g/mol. The fraction of sp³-hybridized carbons (Fsp3) is 0.375. The summed E-state index contributed by atoms with van der Waals surface area (Å²) < 4.78 is 1.00. The van der Waals surface area contributed by atoms with Crippen LogP contribution in [0.15, 0.2) is 46.6 Å². The minimum atomic E-state index is -0.0169. The lowest BCUT2D eigenvalue weighted by Gasteiger charge is -2.02. The van der Waals surface area contributed by atoms with E-state index in [1.165, 1.54) is 19.3 Å². The molecule has 1 rings (SSSR count). The molecule has 0 bridgehead atoms. The summed E-state index contributed by atoms with van der Waals surface area (Å²) in [6.45, 7) is 2.19. The number of unbranched alkanes of at least 4 members (excludes halogenated alkanes) is 3. The van der Waals surface area contributed by atoms with Gasteiger partial charge in [-0.2, -0.15) is 0 Å². The maximum absolute atomic E-state index is 11.6. The maximum atomic E-state index is 11.6. The van der Waals surface area contributed by atoms with Gasteiger partial charge in [-0.15, -0.1) is 5.73 Å². The normalized spacial score (nSPS) is 9.58. The summed E-state index contributed by atoms with van der Waals surface area (Å²) in [7, 11) is 0. The van der Waals surface area contributed by atoms with E-state index in [0.717, 1.165) is 16.6 Å². The number of halogens is 1. The van der Waals surface area contributed by atoms with E-state index in [1.807, 2.05) is 30.3 Å². The highest BCUT2D eigenvalue weighted by molar-refractivity contribution is 9.10. The van der Waals surface area contributed by atoms with Gasteiger partial charge >= 0.3 is 0 Å². The van der Waals surface area contributed by atoms with Crippen molar-refractivity contribution in [2.75, 3.05) is 5.32 Å². The third-order valence-electron chi connectivity index (χ3n) is 2.60. The van der Waals surface area contributed by atoms with Crippen LogP contribution < -0.4 is 5.32 Å². The number of nitrogens with one attached hydrogen (secondary N) is 1. The second kappa shape index (κ2) is 9.60. The molecule has 1 amide bonds. The van der Waals surface area contributed by atoms with E-state index in [1.54, 1.807) is 6.08 Å². The molecule has 1 aromatic rings. The van der Waals surface area contributed by atoms with Gasteiger partial charge in [-0.25, -0.2) is 0 Å². The zero-order valence-corrected chi connectivity index (χ0v) is 12.9. The first-order valence-corrected chi connectivity index (χ1v) is 7.46. The molecule has 0 saturated heterocycles. The molecule has 0 fully saturated rings. The van der Waals surface area contributed by atoms with Gasteiger partial charge in [0.1, 0.15) is 0 Å². The van der Waals surface area contributed by atoms with Gasteiger partial charge in [0.05, 0.1) is 6.42 Å². The van der Waals surface area contributed by atoms with Crippen molar-refractivity contribution >= 4 is 27.5 Å². The summed E-state index contributed by atoms with van der Waals surface area (Å²) >= 11 is 3.36. The Bertz CT molecular complexity index is 444. The van der Waals surface area contributed by atoms with E-state index in [4.69, 9.17) is 0 Å². The molecule has 0 atom stereocenters. The van der Waals surface area contributed by atoms with Gasteiger partial charge in [-0.3, -0.25) is 4.79 Å². The number of hydrogen-bond acceptors (Lipinski definition) is 1. The molecule has 0 aromatic heterocycles. The van der Waals surface area contributed by atoms with Crippen LogP contribution in [-0.2, 0) is 4.79 Å². The zero-order chi connectivity index (χ0) is 13.9. The smallest absolute Gasteiger partial charge is 0.228 e. The SMILES string of the molecule is CCCCCC=C=CCC(=O)Nc1ccc(Br)cc1. The van der Waals surface area contributed by atoms with Crippen molar-refractivity contribution in [1.82, 2.24) is 0 Å². The molecule has 0 unspecified atom stereocenters. The van der Waals surface area contributed by atoms with Crippen molar-refractivity contribution < 1.29 is 4.79 Å². The van der Waals surface area contributed by atoms with E-state index in [-0.39, 0.29) is 5.91 Å². The first-order chi connectivity index (χ1) is 9.22. The number of anilines is 1. The Labute approximate surface area is 123 Å². The third kappa shape index (κ3) is 7.66. The number of amides is 1. The summed E-state index contributed by atoms with van der Waals surface area (Å²) in [5.74, 6) is -0.0169. The van der Waals surface area contributed by atoms with Crippen molar-refractivity contribution in [1.29, 1.82) is 0 Å². The van der Waals surface area contributed by atoms with E-state index in [0.29, 0.717) is 6.42 Å². The van der Waals surface area contributed by atoms with Gasteiger partial charge in [-0.1, -0.05) is 35.7 Å². The number of hydrogen-bond donors (Lipinski definition) is 1. The van der Waals surface area contributed by atoms with Crippen LogP contribution >= 0.6 is 15.9 Å². The van der Waals surface area contributed by atoms with E-state index < -0.39 is 0 Å². The summed E-state index contributed by atoms with van der Waals surface area (Å²) in [5.41, 5.74) is 3.87. The lowest BCUT2D eigenvalue weighted by Crippen LogP contribution is -2.09. The average Bonchev–Trinajstić information content (AvgIpc) is 2.40. The topological polar surface area (TPSA) is 29.1 Å². The van der Waals surface area contributed by atoms with Gasteiger partial charge in [0.2, 0.25) is 5.91 Å². The van der Waals surface area contributed by atoms with Crippen molar-refractivity contribution in [2.24, 2.45) is 0 Å². The van der Waals surface area contributed by atoms with Crippen LogP contribution in [-0.4, -0.2) is 5.91 Å². The van der Waals surface area contributed by atoms with Crippen molar-refractivity contribution in [2.45, 2.75) is 39.0 Å². The Morgan fingerprint density at radius 1 is 1.26 bits per heavy atom. The van der Waals surface area contributed by atoms with Crippen LogP contribution in [0.3, 0.4) is 0 Å². The highest BCUT2D eigenvalue weighted by Gasteiger charge is 1.98. The Morgan fingerprint density at radius 2 is 2.00 bits per heavy atom. The van der Waals surface area contributed by atoms with E-state index in [9.17, 15) is 4.79 Å². The summed E-state index contributed by atoms with van der Waals surface area (Å²) in [5, 5.41) is 2.84. The zero-order valence-electron chi connectivity index (χ0n) is 11.3. The lowest BCUT2D eigenvalue weighted by molar-refractivity contribution is -0.115. The molecule has 1 N–H and O–H groups in total. The second-order valence-corrected chi connectivity index (χ2v) is 5.25. The molecular weight excluding hydrogens is 302 g/mol. The third-order valence-corrected chi connectivity index (χ3v) is 3.13. The van der Waals surface area contributed by atoms with Gasteiger partial charge in [0.15, 0.2) is 0 Å². The lowest BCUT2D eigenvalue weighted by atomic mass is 10.2. The van der Waals surface area contributed by atoms with Crippen LogP contribution in [0.4, 0.5) is 5.69 Å². The summed E-state index contributed by atoms with van der Waals surface area (Å²) in [6, 6.07) is 7.54. The van der Waals surface area contributed by atoms with Crippen LogP contribution in [0, 0.1) is 0 Å². The highest BCUT2D eigenvalue weighted by Crippen LogP contribution is 2.14. The molecule has 0 aliphatic carbocycles. The molecule has 0 aliphatic heterocycles. The molecular formula is C16H20BrNO. The second-order valence-electron chi connectivity index (χ2n) is 4.33. The highest BCUT2D eigenvalue weighted by atomic mass is 79.9. The van der Waals surface area contributed by atoms with Gasteiger partial charge in [0, 0.05) is 10.2 Å². The van der Waals surface area contributed by atoms with Crippen LogP contribution in [0.5, 0.6) is 0 Å². The standard InChI is InChI=1S/C16H20BrNO/c1-2-3-4-5-6-7-8-9-16(19)18-15-12-10-14(17)11-13-15/h6,8,10-13H,2-5,9H2,1H3,(H,18,19). The number of carbonyl (C=O) groups excluding carboxylic acids is 1. The number of rotatable bonds is 7. The summed E-state index contributed by atoms with van der Waals surface area (Å²) in [6.07, 6.45) is 8.86. The Kier molecular flexibility index (Phi) is 7.95. The van der Waals surface area contributed by atoms with Crippen molar-refractivity contribution in [3.63, 3.8) is 0 Å². The fourth-order valence-electron chi connectivity index (χ4n) is 1.56. The van der Waals surface area contributed by atoms with Gasteiger partial charge < -0.3 is 5.32 Å². The molecule has 2 nitrogen and oxygen atoms in total. The Hall–Kier alpha value is -1.31. The maximum Gasteiger partial charge on any atom is 0.228 e. The van der Waals surface area contributed by atoms with Crippen LogP contribution in [0.25, 0.3) is 0 Å². The van der Waals surface area contributed by atoms with Gasteiger partial charge in [0.25, 0.3) is 0 Å². The molecule has 19 heavy (non-hydrogen) atoms. The summed E-state index contributed by atoms with van der Waals surface area (Å²) in [4.78, 5) is 11.6. The molecule has 0 radical (unpaired) electrons. The molecule has 0 saturated carbocycles. The molecule has 1 aromatic carbocycles. The van der Waals surface area contributed by atoms with Gasteiger partial charge in [-0.05, 0) is 49.3 Å². The van der Waals surface area contributed by atoms with E-state index >= 15 is 0 Å². The fourth-order valence-corrected chi connectivity index (χ4v) is 1.82. The minimum Gasteiger partial charge on any atom is -0.326 e. The molecule has 102 valence electrons. The molecule has 0 spiro atoms. The largest absolute Gasteiger partial charge is 0.326 e. The van der Waals surface area contributed by atoms with Crippen LogP contribution in [0.1, 0.15) is 39.0 Å². The Morgan fingerprint density at radius 3 is 2.68 bits per heavy atom. The Balaban J connectivity index is 2.27. The van der Waals surface area contributed by atoms with Crippen molar-refractivity contribution in [3.8, 4) is 0 Å². The van der Waals surface area contributed by atoms with Crippen LogP contribution in [0.2, 0.25) is 0 Å². The number of carbonyl (C=O) groups is 1. The molecule has 0 heterocycles. The quantitative estimate of drug-likeness (QED) is 0.551. The first kappa shape index (κ1) is 15.7. The minimum absolute atomic E-state index is 0.0169. The molecule has 3 heteroatoms. The van der Waals surface area contributed by atoms with E-state index in [2.05, 4.69) is 33.9 Å². The number of benzene rings is 1. The van der Waals surface area contributed by atoms with Crippen molar-refractivity contribution in [3.05, 3.63) is 46.6 Å². The first-order valence-electron chi connectivity index (χ1n) is 6.67. The predicted octanol–water partition coefficient (Wildman–Crippen LogP) is 5.07. The molecule has 0 aliphatic rings.